The Morgan fingerprint density at radius 3 is 2.26 bits per heavy atom. The van der Waals surface area contributed by atoms with Crippen molar-refractivity contribution in [3.8, 4) is 0 Å². The van der Waals surface area contributed by atoms with Crippen molar-refractivity contribution in [1.82, 2.24) is 0 Å². The number of aryl methyl sites for hydroxylation is 1. The number of alkyl halides is 2. The molecule has 1 amide bonds. The number of nitrogens with one attached hydrogen (secondary N) is 1. The van der Waals surface area contributed by atoms with Gasteiger partial charge in [0.2, 0.25) is 5.91 Å². The number of carboxylic acids is 1. The van der Waals surface area contributed by atoms with Crippen LogP contribution in [0.3, 0.4) is 0 Å². The molecule has 4 nitrogen and oxygen atoms in total. The lowest BCUT2D eigenvalue weighted by molar-refractivity contribution is -0.137. The SMILES string of the molecule is Cc1cc(Cl)c(Cl)cc1NC(=O)C(Br)C(Br)C(=O)O. The molecule has 0 aliphatic rings. The molecular formula is C11H9Br2Cl2NO3. The first-order chi connectivity index (χ1) is 8.73. The molecule has 19 heavy (non-hydrogen) atoms. The molecule has 0 aliphatic heterocycles. The van der Waals surface area contributed by atoms with Crippen LogP contribution in [0.4, 0.5) is 5.69 Å². The minimum atomic E-state index is -1.14. The Balaban J connectivity index is 2.88. The van der Waals surface area contributed by atoms with Crippen molar-refractivity contribution in [2.45, 2.75) is 16.6 Å². The number of carboxylic acid groups (broad SMARTS) is 1. The largest absolute Gasteiger partial charge is 0.480 e. The van der Waals surface area contributed by atoms with Crippen LogP contribution in [0, 0.1) is 6.92 Å². The number of anilines is 1. The van der Waals surface area contributed by atoms with Crippen LogP contribution in [0.15, 0.2) is 12.1 Å². The van der Waals surface area contributed by atoms with Crippen LogP contribution in [-0.2, 0) is 9.59 Å². The summed E-state index contributed by atoms with van der Waals surface area (Å²) in [4.78, 5) is 20.7. The average molecular weight is 434 g/mol. The van der Waals surface area contributed by atoms with Gasteiger partial charge in [0.1, 0.15) is 9.65 Å². The maximum absolute atomic E-state index is 11.9. The summed E-state index contributed by atoms with van der Waals surface area (Å²) in [5, 5.41) is 12.1. The summed E-state index contributed by atoms with van der Waals surface area (Å²) >= 11 is 17.6. The van der Waals surface area contributed by atoms with E-state index in [1.807, 2.05) is 0 Å². The van der Waals surface area contributed by atoms with Crippen molar-refractivity contribution in [1.29, 1.82) is 0 Å². The Kier molecular flexibility index (Phi) is 6.11. The summed E-state index contributed by atoms with van der Waals surface area (Å²) in [6.45, 7) is 1.75. The monoisotopic (exact) mass is 431 g/mol. The van der Waals surface area contributed by atoms with E-state index in [-0.39, 0.29) is 0 Å². The van der Waals surface area contributed by atoms with Crippen molar-refractivity contribution < 1.29 is 14.7 Å². The maximum Gasteiger partial charge on any atom is 0.318 e. The number of hydrogen-bond acceptors (Lipinski definition) is 2. The summed E-state index contributed by atoms with van der Waals surface area (Å²) in [7, 11) is 0. The van der Waals surface area contributed by atoms with Gasteiger partial charge in [0.25, 0.3) is 0 Å². The van der Waals surface area contributed by atoms with Crippen LogP contribution in [0.2, 0.25) is 10.0 Å². The quantitative estimate of drug-likeness (QED) is 0.709. The molecule has 8 heteroatoms. The summed E-state index contributed by atoms with van der Waals surface area (Å²) in [5.74, 6) is -1.63. The molecular weight excluding hydrogens is 425 g/mol. The number of halogens is 4. The van der Waals surface area contributed by atoms with Crippen LogP contribution in [-0.4, -0.2) is 26.6 Å². The van der Waals surface area contributed by atoms with Gasteiger partial charge in [0.05, 0.1) is 10.0 Å². The molecule has 1 aromatic rings. The van der Waals surface area contributed by atoms with Crippen LogP contribution >= 0.6 is 55.1 Å². The molecule has 0 aliphatic carbocycles. The van der Waals surface area contributed by atoms with E-state index in [4.69, 9.17) is 28.3 Å². The molecule has 0 spiro atoms. The highest BCUT2D eigenvalue weighted by Crippen LogP contribution is 2.29. The van der Waals surface area contributed by atoms with Crippen LogP contribution in [0.25, 0.3) is 0 Å². The molecule has 0 saturated heterocycles. The van der Waals surface area contributed by atoms with Gasteiger partial charge in [-0.15, -0.1) is 0 Å². The number of benzene rings is 1. The third kappa shape index (κ3) is 4.34. The molecule has 0 radical (unpaired) electrons. The summed E-state index contributed by atoms with van der Waals surface area (Å²) in [6, 6.07) is 3.13. The normalized spacial score (nSPS) is 13.7. The Morgan fingerprint density at radius 2 is 1.74 bits per heavy atom. The zero-order valence-electron chi connectivity index (χ0n) is 9.58. The highest BCUT2D eigenvalue weighted by molar-refractivity contribution is 9.12. The Morgan fingerprint density at radius 1 is 1.21 bits per heavy atom. The minimum absolute atomic E-state index is 0.308. The van der Waals surface area contributed by atoms with E-state index >= 15 is 0 Å². The van der Waals surface area contributed by atoms with Crippen LogP contribution in [0.5, 0.6) is 0 Å². The standard InChI is InChI=1S/C11H9Br2Cl2NO3/c1-4-2-5(14)6(15)3-7(4)16-10(17)8(12)9(13)11(18)19/h2-3,8-9H,1H3,(H,16,17)(H,18,19). The first kappa shape index (κ1) is 16.8. The first-order valence-electron chi connectivity index (χ1n) is 5.01. The predicted molar refractivity (Wildman–Crippen MR) is 82.9 cm³/mol. The molecule has 0 aromatic heterocycles. The fraction of sp³-hybridized carbons (Fsp3) is 0.273. The zero-order valence-corrected chi connectivity index (χ0v) is 14.3. The lowest BCUT2D eigenvalue weighted by atomic mass is 10.2. The van der Waals surface area contributed by atoms with Crippen molar-refractivity contribution in [3.63, 3.8) is 0 Å². The second kappa shape index (κ2) is 6.92. The molecule has 0 bridgehead atoms. The highest BCUT2D eigenvalue weighted by atomic mass is 79.9. The van der Waals surface area contributed by atoms with E-state index in [0.717, 1.165) is 5.56 Å². The van der Waals surface area contributed by atoms with Gasteiger partial charge in [-0.2, -0.15) is 0 Å². The minimum Gasteiger partial charge on any atom is -0.480 e. The smallest absolute Gasteiger partial charge is 0.318 e. The Bertz CT molecular complexity index is 525. The summed E-state index contributed by atoms with van der Waals surface area (Å²) < 4.78 is 0. The summed E-state index contributed by atoms with van der Waals surface area (Å²) in [5.41, 5.74) is 1.21. The Hall–Kier alpha value is -0.300. The second-order valence-corrected chi connectivity index (χ2v) is 6.50. The number of carbonyl (C=O) groups is 2. The van der Waals surface area contributed by atoms with Gasteiger partial charge in [-0.3, -0.25) is 9.59 Å². The van der Waals surface area contributed by atoms with E-state index in [1.54, 1.807) is 13.0 Å². The number of carbonyl (C=O) groups excluding carboxylic acids is 1. The van der Waals surface area contributed by atoms with Gasteiger partial charge in [0.15, 0.2) is 0 Å². The van der Waals surface area contributed by atoms with Gasteiger partial charge in [0, 0.05) is 5.69 Å². The molecule has 0 saturated carbocycles. The lowest BCUT2D eigenvalue weighted by Crippen LogP contribution is -2.34. The van der Waals surface area contributed by atoms with E-state index in [0.29, 0.717) is 15.7 Å². The van der Waals surface area contributed by atoms with Gasteiger partial charge < -0.3 is 10.4 Å². The van der Waals surface area contributed by atoms with Crippen molar-refractivity contribution in [2.24, 2.45) is 0 Å². The zero-order chi connectivity index (χ0) is 14.7. The second-order valence-electron chi connectivity index (χ2n) is 3.71. The van der Waals surface area contributed by atoms with E-state index in [1.165, 1.54) is 6.07 Å². The molecule has 104 valence electrons. The molecule has 2 N–H and O–H groups in total. The van der Waals surface area contributed by atoms with Gasteiger partial charge in [-0.05, 0) is 24.6 Å². The van der Waals surface area contributed by atoms with Gasteiger partial charge in [-0.1, -0.05) is 55.1 Å². The van der Waals surface area contributed by atoms with Crippen molar-refractivity contribution >= 4 is 72.6 Å². The van der Waals surface area contributed by atoms with E-state index in [2.05, 4.69) is 37.2 Å². The maximum atomic E-state index is 11.9. The first-order valence-corrected chi connectivity index (χ1v) is 7.60. The third-order valence-electron chi connectivity index (χ3n) is 2.27. The summed E-state index contributed by atoms with van der Waals surface area (Å²) in [6.07, 6.45) is 0. The van der Waals surface area contributed by atoms with E-state index < -0.39 is 21.5 Å². The fourth-order valence-electron chi connectivity index (χ4n) is 1.24. The number of aliphatic carboxylic acids is 1. The number of amides is 1. The molecule has 0 heterocycles. The van der Waals surface area contributed by atoms with Crippen LogP contribution in [0.1, 0.15) is 5.56 Å². The molecule has 1 rings (SSSR count). The Labute approximate surface area is 136 Å². The molecule has 1 aromatic carbocycles. The van der Waals surface area contributed by atoms with Crippen LogP contribution < -0.4 is 5.32 Å². The van der Waals surface area contributed by atoms with Crippen molar-refractivity contribution in [2.75, 3.05) is 5.32 Å². The van der Waals surface area contributed by atoms with Gasteiger partial charge >= 0.3 is 5.97 Å². The lowest BCUT2D eigenvalue weighted by Gasteiger charge is -2.15. The highest BCUT2D eigenvalue weighted by Gasteiger charge is 2.29. The molecule has 2 unspecified atom stereocenters. The van der Waals surface area contributed by atoms with Gasteiger partial charge in [-0.25, -0.2) is 0 Å². The predicted octanol–water partition coefficient (Wildman–Crippen LogP) is 3.85. The third-order valence-corrected chi connectivity index (χ3v) is 5.56. The van der Waals surface area contributed by atoms with Crippen molar-refractivity contribution in [3.05, 3.63) is 27.7 Å². The average Bonchev–Trinajstić information content (AvgIpc) is 2.33. The molecule has 0 fully saturated rings. The van der Waals surface area contributed by atoms with E-state index in [9.17, 15) is 9.59 Å². The number of rotatable bonds is 4. The number of hydrogen-bond donors (Lipinski definition) is 2. The topological polar surface area (TPSA) is 66.4 Å². The molecule has 2 atom stereocenters. The fourth-order valence-corrected chi connectivity index (χ4v) is 2.20.